The molecule has 0 saturated carbocycles. The molecule has 2 heteroatoms. The first-order chi connectivity index (χ1) is 23.0. The fourth-order valence-corrected chi connectivity index (χ4v) is 8.12. The zero-order valence-electron chi connectivity index (χ0n) is 26.6. The van der Waals surface area contributed by atoms with E-state index in [4.69, 9.17) is 0 Å². The van der Waals surface area contributed by atoms with Crippen LogP contribution in [0.25, 0.3) is 33.4 Å². The van der Waals surface area contributed by atoms with E-state index >= 15 is 0 Å². The number of rotatable bonds is 6. The molecule has 1 aliphatic heterocycles. The molecule has 0 bridgehead atoms. The maximum absolute atomic E-state index is 2.40. The van der Waals surface area contributed by atoms with Crippen molar-refractivity contribution in [2.24, 2.45) is 0 Å². The Morgan fingerprint density at radius 1 is 0.362 bits per heavy atom. The normalized spacial score (nSPS) is 13.0. The zero-order valence-corrected chi connectivity index (χ0v) is 27.4. The van der Waals surface area contributed by atoms with E-state index < -0.39 is 0 Å². The van der Waals surface area contributed by atoms with Crippen LogP contribution in [0.1, 0.15) is 25.0 Å². The number of fused-ring (bicyclic) bond motifs is 2. The maximum Gasteiger partial charge on any atom is 0.0462 e. The molecule has 1 aliphatic rings. The van der Waals surface area contributed by atoms with Crippen LogP contribution in [0, 0.1) is 0 Å². The molecule has 7 aromatic rings. The fraction of sp³-hybridized carbons (Fsp3) is 0.0667. The van der Waals surface area contributed by atoms with Gasteiger partial charge < -0.3 is 4.90 Å². The first-order valence-electron chi connectivity index (χ1n) is 16.2. The van der Waals surface area contributed by atoms with Crippen molar-refractivity contribution < 1.29 is 0 Å². The van der Waals surface area contributed by atoms with Crippen molar-refractivity contribution in [1.29, 1.82) is 0 Å². The van der Waals surface area contributed by atoms with Gasteiger partial charge in [0.15, 0.2) is 0 Å². The predicted molar refractivity (Wildman–Crippen MR) is 200 cm³/mol. The molecule has 0 unspecified atom stereocenters. The van der Waals surface area contributed by atoms with Crippen molar-refractivity contribution in [3.05, 3.63) is 187 Å². The first kappa shape index (κ1) is 29.1. The summed E-state index contributed by atoms with van der Waals surface area (Å²) in [6.07, 6.45) is 0. The topological polar surface area (TPSA) is 3.24 Å². The van der Waals surface area contributed by atoms with Crippen molar-refractivity contribution in [3.8, 4) is 33.4 Å². The summed E-state index contributed by atoms with van der Waals surface area (Å²) in [5.41, 5.74) is 13.4. The SMILES string of the molecule is CC1(C)c2ccccc2Sc2ccc(-c3ccc(N(c4ccc(-c5ccccc5)cc4)c4ccc(-c5ccccc5)cc4)cc3)cc21. The van der Waals surface area contributed by atoms with Gasteiger partial charge in [0.25, 0.3) is 0 Å². The lowest BCUT2D eigenvalue weighted by atomic mass is 9.77. The summed E-state index contributed by atoms with van der Waals surface area (Å²) in [4.78, 5) is 5.05. The largest absolute Gasteiger partial charge is 0.311 e. The lowest BCUT2D eigenvalue weighted by molar-refractivity contribution is 0.607. The van der Waals surface area contributed by atoms with Gasteiger partial charge in [-0.05, 0) is 99.1 Å². The molecule has 0 radical (unpaired) electrons. The second kappa shape index (κ2) is 12.1. The predicted octanol–water partition coefficient (Wildman–Crippen LogP) is 12.9. The van der Waals surface area contributed by atoms with E-state index in [1.807, 2.05) is 11.8 Å². The molecule has 0 fully saturated rings. The van der Waals surface area contributed by atoms with Crippen LogP contribution in [0.5, 0.6) is 0 Å². The van der Waals surface area contributed by atoms with Crippen LogP contribution in [-0.2, 0) is 5.41 Å². The molecule has 47 heavy (non-hydrogen) atoms. The maximum atomic E-state index is 2.40. The molecular formula is C45H35NS. The zero-order chi connectivity index (χ0) is 31.8. The van der Waals surface area contributed by atoms with E-state index in [9.17, 15) is 0 Å². The second-order valence-corrected chi connectivity index (χ2v) is 13.7. The Morgan fingerprint density at radius 3 is 1.26 bits per heavy atom. The lowest BCUT2D eigenvalue weighted by Gasteiger charge is -2.35. The van der Waals surface area contributed by atoms with Crippen LogP contribution in [-0.4, -0.2) is 0 Å². The van der Waals surface area contributed by atoms with Crippen molar-refractivity contribution in [3.63, 3.8) is 0 Å². The molecule has 8 rings (SSSR count). The Hall–Kier alpha value is -5.31. The summed E-state index contributed by atoms with van der Waals surface area (Å²) in [5.74, 6) is 0. The van der Waals surface area contributed by atoms with E-state index in [-0.39, 0.29) is 5.41 Å². The Labute approximate surface area is 282 Å². The van der Waals surface area contributed by atoms with Gasteiger partial charge in [0.05, 0.1) is 0 Å². The van der Waals surface area contributed by atoms with Crippen molar-refractivity contribution in [2.75, 3.05) is 4.90 Å². The third-order valence-corrected chi connectivity index (χ3v) is 10.5. The minimum Gasteiger partial charge on any atom is -0.311 e. The van der Waals surface area contributed by atoms with Crippen LogP contribution in [0.2, 0.25) is 0 Å². The van der Waals surface area contributed by atoms with E-state index in [0.717, 1.165) is 17.1 Å². The molecule has 0 aromatic heterocycles. The van der Waals surface area contributed by atoms with Crippen LogP contribution in [0.15, 0.2) is 186 Å². The Morgan fingerprint density at radius 2 is 0.745 bits per heavy atom. The van der Waals surface area contributed by atoms with Gasteiger partial charge in [0, 0.05) is 32.3 Å². The van der Waals surface area contributed by atoms with E-state index in [1.54, 1.807) is 0 Å². The number of anilines is 3. The highest BCUT2D eigenvalue weighted by molar-refractivity contribution is 7.99. The number of hydrogen-bond acceptors (Lipinski definition) is 2. The number of nitrogens with zero attached hydrogens (tertiary/aromatic N) is 1. The van der Waals surface area contributed by atoms with Crippen molar-refractivity contribution in [2.45, 2.75) is 29.1 Å². The smallest absolute Gasteiger partial charge is 0.0462 e. The summed E-state index contributed by atoms with van der Waals surface area (Å²) >= 11 is 1.88. The monoisotopic (exact) mass is 621 g/mol. The molecule has 0 saturated heterocycles. The second-order valence-electron chi connectivity index (χ2n) is 12.6. The third kappa shape index (κ3) is 5.56. The third-order valence-electron chi connectivity index (χ3n) is 9.36. The molecule has 7 aromatic carbocycles. The molecule has 0 amide bonds. The number of hydrogen-bond donors (Lipinski definition) is 0. The average Bonchev–Trinajstić information content (AvgIpc) is 3.13. The Bertz CT molecular complexity index is 2070. The Kier molecular flexibility index (Phi) is 7.52. The summed E-state index contributed by atoms with van der Waals surface area (Å²) in [5, 5.41) is 0. The van der Waals surface area contributed by atoms with Gasteiger partial charge in [0.1, 0.15) is 0 Å². The molecule has 0 spiro atoms. The van der Waals surface area contributed by atoms with Gasteiger partial charge in [-0.1, -0.05) is 147 Å². The van der Waals surface area contributed by atoms with E-state index in [1.165, 1.54) is 54.3 Å². The highest BCUT2D eigenvalue weighted by Crippen LogP contribution is 2.50. The molecule has 1 heterocycles. The molecule has 226 valence electrons. The van der Waals surface area contributed by atoms with E-state index in [0.29, 0.717) is 0 Å². The Balaban J connectivity index is 1.15. The highest BCUT2D eigenvalue weighted by Gasteiger charge is 2.33. The standard InChI is InChI=1S/C45H35NS/c1-45(2)41-15-9-10-16-43(41)47-44-30-23-37(31-42(44)45)36-21-28-40(29-22-36)46(38-24-17-34(18-25-38)32-11-5-3-6-12-32)39-26-19-35(20-27-39)33-13-7-4-8-14-33/h3-31H,1-2H3. The lowest BCUT2D eigenvalue weighted by Crippen LogP contribution is -2.23. The van der Waals surface area contributed by atoms with Gasteiger partial charge in [0.2, 0.25) is 0 Å². The van der Waals surface area contributed by atoms with Crippen LogP contribution in [0.3, 0.4) is 0 Å². The molecular weight excluding hydrogens is 587 g/mol. The van der Waals surface area contributed by atoms with Crippen LogP contribution in [0.4, 0.5) is 17.1 Å². The van der Waals surface area contributed by atoms with Gasteiger partial charge in [-0.3, -0.25) is 0 Å². The summed E-state index contributed by atoms with van der Waals surface area (Å²) < 4.78 is 0. The summed E-state index contributed by atoms with van der Waals surface area (Å²) in [6, 6.07) is 63.7. The minimum atomic E-state index is -0.0538. The van der Waals surface area contributed by atoms with Crippen molar-refractivity contribution in [1.82, 2.24) is 0 Å². The van der Waals surface area contributed by atoms with Crippen LogP contribution >= 0.6 is 11.8 Å². The van der Waals surface area contributed by atoms with Gasteiger partial charge >= 0.3 is 0 Å². The molecule has 0 atom stereocenters. The van der Waals surface area contributed by atoms with Crippen molar-refractivity contribution >= 4 is 28.8 Å². The average molecular weight is 622 g/mol. The highest BCUT2D eigenvalue weighted by atomic mass is 32.2. The summed E-state index contributed by atoms with van der Waals surface area (Å²) in [7, 11) is 0. The minimum absolute atomic E-state index is 0.0538. The summed E-state index contributed by atoms with van der Waals surface area (Å²) in [6.45, 7) is 4.70. The molecule has 0 aliphatic carbocycles. The first-order valence-corrected chi connectivity index (χ1v) is 17.0. The van der Waals surface area contributed by atoms with E-state index in [2.05, 4.69) is 195 Å². The molecule has 0 N–H and O–H groups in total. The van der Waals surface area contributed by atoms with Gasteiger partial charge in [-0.15, -0.1) is 0 Å². The fourth-order valence-electron chi connectivity index (χ4n) is 6.74. The van der Waals surface area contributed by atoms with Gasteiger partial charge in [-0.2, -0.15) is 0 Å². The van der Waals surface area contributed by atoms with Gasteiger partial charge in [-0.25, -0.2) is 0 Å². The number of benzene rings is 7. The van der Waals surface area contributed by atoms with Crippen LogP contribution < -0.4 is 4.90 Å². The quantitative estimate of drug-likeness (QED) is 0.182. The molecule has 1 nitrogen and oxygen atoms in total.